The lowest BCUT2D eigenvalue weighted by molar-refractivity contribution is -0.119. The van der Waals surface area contributed by atoms with Crippen molar-refractivity contribution < 1.29 is 9.59 Å². The summed E-state index contributed by atoms with van der Waals surface area (Å²) in [6.07, 6.45) is 1.95. The maximum absolute atomic E-state index is 11.9. The highest BCUT2D eigenvalue weighted by atomic mass is 79.9. The Morgan fingerprint density at radius 3 is 2.65 bits per heavy atom. The van der Waals surface area contributed by atoms with Gasteiger partial charge in [-0.25, -0.2) is 0 Å². The van der Waals surface area contributed by atoms with Crippen molar-refractivity contribution in [2.24, 2.45) is 0 Å². The molecule has 17 heavy (non-hydrogen) atoms. The number of amides is 1. The molecule has 2 rings (SSSR count). The summed E-state index contributed by atoms with van der Waals surface area (Å²) in [7, 11) is 0. The maximum Gasteiger partial charge on any atom is 0.251 e. The third kappa shape index (κ3) is 3.16. The first-order valence-electron chi connectivity index (χ1n) is 5.69. The molecule has 0 radical (unpaired) electrons. The fourth-order valence-corrected chi connectivity index (χ4v) is 2.64. The van der Waals surface area contributed by atoms with Crippen molar-refractivity contribution in [1.29, 1.82) is 0 Å². The average molecular weight is 296 g/mol. The monoisotopic (exact) mass is 295 g/mol. The quantitative estimate of drug-likeness (QED) is 0.851. The summed E-state index contributed by atoms with van der Waals surface area (Å²) in [6.45, 7) is 0. The summed E-state index contributed by atoms with van der Waals surface area (Å²) >= 11 is 3.34. The van der Waals surface area contributed by atoms with Crippen LogP contribution in [0.2, 0.25) is 0 Å². The number of halogens is 1. The van der Waals surface area contributed by atoms with Crippen LogP contribution in [0.3, 0.4) is 0 Å². The fourth-order valence-electron chi connectivity index (χ4n) is 1.96. The van der Waals surface area contributed by atoms with E-state index in [0.29, 0.717) is 18.4 Å². The van der Waals surface area contributed by atoms with E-state index in [4.69, 9.17) is 0 Å². The smallest absolute Gasteiger partial charge is 0.251 e. The summed E-state index contributed by atoms with van der Waals surface area (Å²) in [5.41, 5.74) is 0.663. The van der Waals surface area contributed by atoms with Gasteiger partial charge in [0.1, 0.15) is 5.78 Å². The zero-order chi connectivity index (χ0) is 12.3. The minimum absolute atomic E-state index is 0.0651. The fraction of sp³-hybridized carbons (Fsp3) is 0.385. The molecule has 90 valence electrons. The summed E-state index contributed by atoms with van der Waals surface area (Å²) in [5.74, 6) is 0.167. The summed E-state index contributed by atoms with van der Waals surface area (Å²) < 4.78 is 0. The highest BCUT2D eigenvalue weighted by molar-refractivity contribution is 9.10. The molecule has 0 bridgehead atoms. The minimum atomic E-state index is -0.114. The Bertz CT molecular complexity index is 419. The molecule has 0 saturated heterocycles. The number of rotatable bonds is 2. The number of nitrogens with one attached hydrogen (secondary N) is 1. The van der Waals surface area contributed by atoms with E-state index < -0.39 is 0 Å². The van der Waals surface area contributed by atoms with Crippen LogP contribution in [0.4, 0.5) is 0 Å². The second-order valence-electron chi connectivity index (χ2n) is 4.24. The molecule has 1 fully saturated rings. The van der Waals surface area contributed by atoms with Gasteiger partial charge >= 0.3 is 0 Å². The number of benzene rings is 1. The molecule has 1 aromatic carbocycles. The molecule has 1 aliphatic carbocycles. The van der Waals surface area contributed by atoms with E-state index in [1.54, 1.807) is 12.1 Å². The molecule has 0 heterocycles. The van der Waals surface area contributed by atoms with Crippen molar-refractivity contribution >= 4 is 27.6 Å². The Labute approximate surface area is 109 Å². The Morgan fingerprint density at radius 1 is 1.29 bits per heavy atom. The van der Waals surface area contributed by atoms with Gasteiger partial charge in [-0.15, -0.1) is 0 Å². The SMILES string of the molecule is O=C(NC1CCC(=O)C(Br)C1)c1ccccc1. The molecular weight excluding hydrogens is 282 g/mol. The topological polar surface area (TPSA) is 46.2 Å². The van der Waals surface area contributed by atoms with Gasteiger partial charge < -0.3 is 5.32 Å². The lowest BCUT2D eigenvalue weighted by atomic mass is 9.94. The van der Waals surface area contributed by atoms with Crippen molar-refractivity contribution in [3.63, 3.8) is 0 Å². The van der Waals surface area contributed by atoms with Gasteiger partial charge in [-0.1, -0.05) is 34.1 Å². The summed E-state index contributed by atoms with van der Waals surface area (Å²) in [6, 6.07) is 9.22. The third-order valence-electron chi connectivity index (χ3n) is 2.95. The predicted molar refractivity (Wildman–Crippen MR) is 69.3 cm³/mol. The van der Waals surface area contributed by atoms with Crippen LogP contribution in [-0.2, 0) is 4.79 Å². The standard InChI is InChI=1S/C13H14BrNO2/c14-11-8-10(6-7-12(11)16)15-13(17)9-4-2-1-3-5-9/h1-5,10-11H,6-8H2,(H,15,17). The van der Waals surface area contributed by atoms with Crippen LogP contribution in [-0.4, -0.2) is 22.6 Å². The molecule has 0 aromatic heterocycles. The summed E-state index contributed by atoms with van der Waals surface area (Å²) in [5, 5.41) is 2.96. The molecular formula is C13H14BrNO2. The summed E-state index contributed by atoms with van der Waals surface area (Å²) in [4.78, 5) is 23.1. The molecule has 0 aliphatic heterocycles. The van der Waals surface area contributed by atoms with E-state index in [1.165, 1.54) is 0 Å². The van der Waals surface area contributed by atoms with E-state index in [-0.39, 0.29) is 22.6 Å². The number of carbonyl (C=O) groups is 2. The molecule has 2 unspecified atom stereocenters. The van der Waals surface area contributed by atoms with E-state index in [2.05, 4.69) is 21.2 Å². The predicted octanol–water partition coefficient (Wildman–Crippen LogP) is 2.30. The van der Waals surface area contributed by atoms with Crippen LogP contribution in [0.1, 0.15) is 29.6 Å². The Balaban J connectivity index is 1.94. The highest BCUT2D eigenvalue weighted by Crippen LogP contribution is 2.21. The number of hydrogen-bond acceptors (Lipinski definition) is 2. The van der Waals surface area contributed by atoms with Gasteiger partial charge in [-0.2, -0.15) is 0 Å². The van der Waals surface area contributed by atoms with E-state index >= 15 is 0 Å². The van der Waals surface area contributed by atoms with Gasteiger partial charge in [0.05, 0.1) is 4.83 Å². The maximum atomic E-state index is 11.9. The minimum Gasteiger partial charge on any atom is -0.349 e. The van der Waals surface area contributed by atoms with E-state index in [1.807, 2.05) is 18.2 Å². The number of carbonyl (C=O) groups excluding carboxylic acids is 2. The highest BCUT2D eigenvalue weighted by Gasteiger charge is 2.27. The number of ketones is 1. The molecule has 1 aliphatic rings. The number of Topliss-reactive ketones (excluding diaryl/α,β-unsaturated/α-hetero) is 1. The molecule has 4 heteroatoms. The van der Waals surface area contributed by atoms with Crippen LogP contribution >= 0.6 is 15.9 Å². The van der Waals surface area contributed by atoms with Crippen LogP contribution < -0.4 is 5.32 Å². The molecule has 3 nitrogen and oxygen atoms in total. The first kappa shape index (κ1) is 12.3. The average Bonchev–Trinajstić information content (AvgIpc) is 2.35. The van der Waals surface area contributed by atoms with Crippen LogP contribution in [0.25, 0.3) is 0 Å². The zero-order valence-corrected chi connectivity index (χ0v) is 10.9. The molecule has 1 amide bonds. The Hall–Kier alpha value is -1.16. The third-order valence-corrected chi connectivity index (χ3v) is 3.84. The molecule has 1 aromatic rings. The first-order valence-corrected chi connectivity index (χ1v) is 6.61. The van der Waals surface area contributed by atoms with Crippen LogP contribution in [0.5, 0.6) is 0 Å². The number of hydrogen-bond donors (Lipinski definition) is 1. The van der Waals surface area contributed by atoms with Gasteiger partial charge in [0.15, 0.2) is 0 Å². The van der Waals surface area contributed by atoms with Crippen molar-refractivity contribution in [1.82, 2.24) is 5.32 Å². The molecule has 0 spiro atoms. The van der Waals surface area contributed by atoms with Crippen molar-refractivity contribution in [3.05, 3.63) is 35.9 Å². The molecule has 1 N–H and O–H groups in total. The number of alkyl halides is 1. The second kappa shape index (κ2) is 5.45. The van der Waals surface area contributed by atoms with Gasteiger partial charge in [0.2, 0.25) is 0 Å². The van der Waals surface area contributed by atoms with Gasteiger partial charge in [-0.05, 0) is 25.0 Å². The van der Waals surface area contributed by atoms with Crippen molar-refractivity contribution in [2.45, 2.75) is 30.1 Å². The van der Waals surface area contributed by atoms with E-state index in [9.17, 15) is 9.59 Å². The first-order chi connectivity index (χ1) is 8.16. The van der Waals surface area contributed by atoms with Crippen molar-refractivity contribution in [3.8, 4) is 0 Å². The Kier molecular flexibility index (Phi) is 3.94. The van der Waals surface area contributed by atoms with Gasteiger partial charge in [0, 0.05) is 18.0 Å². The lowest BCUT2D eigenvalue weighted by Gasteiger charge is -2.25. The zero-order valence-electron chi connectivity index (χ0n) is 9.36. The van der Waals surface area contributed by atoms with Crippen LogP contribution in [0.15, 0.2) is 30.3 Å². The lowest BCUT2D eigenvalue weighted by Crippen LogP contribution is -2.41. The van der Waals surface area contributed by atoms with Crippen molar-refractivity contribution in [2.75, 3.05) is 0 Å². The van der Waals surface area contributed by atoms with Gasteiger partial charge in [0.25, 0.3) is 5.91 Å². The largest absolute Gasteiger partial charge is 0.349 e. The van der Waals surface area contributed by atoms with E-state index in [0.717, 1.165) is 6.42 Å². The second-order valence-corrected chi connectivity index (χ2v) is 5.35. The molecule has 2 atom stereocenters. The molecule has 1 saturated carbocycles. The Morgan fingerprint density at radius 2 is 2.00 bits per heavy atom. The van der Waals surface area contributed by atoms with Crippen LogP contribution in [0, 0.1) is 0 Å². The van der Waals surface area contributed by atoms with Gasteiger partial charge in [-0.3, -0.25) is 9.59 Å². The normalized spacial score (nSPS) is 24.4.